The molecule has 0 heterocycles. The highest BCUT2D eigenvalue weighted by Gasteiger charge is 2.20. The molecule has 0 aromatic heterocycles. The van der Waals surface area contributed by atoms with E-state index in [2.05, 4.69) is 0 Å². The van der Waals surface area contributed by atoms with E-state index in [-0.39, 0.29) is 11.8 Å². The van der Waals surface area contributed by atoms with Crippen LogP contribution in [-0.4, -0.2) is 29.8 Å². The van der Waals surface area contributed by atoms with Gasteiger partial charge in [-0.1, -0.05) is 18.2 Å². The Balaban J connectivity index is 2.92. The van der Waals surface area contributed by atoms with Gasteiger partial charge in [-0.25, -0.2) is 0 Å². The Hall–Kier alpha value is -1.68. The van der Waals surface area contributed by atoms with Gasteiger partial charge in [-0.3, -0.25) is 14.5 Å². The molecule has 0 saturated heterocycles. The average Bonchev–Trinajstić information content (AvgIpc) is 2.29. The number of nitrogens with two attached hydrogens (primary N) is 1. The molecule has 1 aromatic rings. The second-order valence-corrected chi connectivity index (χ2v) is 3.93. The first-order valence-corrected chi connectivity index (χ1v) is 5.66. The highest BCUT2D eigenvalue weighted by Crippen LogP contribution is 2.11. The van der Waals surface area contributed by atoms with Gasteiger partial charge in [0.05, 0.1) is 0 Å². The zero-order valence-corrected chi connectivity index (χ0v) is 10.3. The third-order valence-electron chi connectivity index (χ3n) is 2.59. The van der Waals surface area contributed by atoms with Gasteiger partial charge in [-0.2, -0.15) is 0 Å². The molecular weight excluding hydrogens is 216 g/mol. The molecule has 1 rings (SSSR count). The van der Waals surface area contributed by atoms with Crippen LogP contribution < -0.4 is 5.73 Å². The maximum atomic E-state index is 12.2. The highest BCUT2D eigenvalue weighted by atomic mass is 16.2. The van der Waals surface area contributed by atoms with Crippen LogP contribution in [-0.2, 0) is 4.79 Å². The van der Waals surface area contributed by atoms with Crippen LogP contribution in [0.15, 0.2) is 24.3 Å². The van der Waals surface area contributed by atoms with Gasteiger partial charge in [0.15, 0.2) is 0 Å². The number of carbonyl (C=O) groups is 2. The molecule has 4 nitrogen and oxygen atoms in total. The molecule has 0 fully saturated rings. The van der Waals surface area contributed by atoms with Gasteiger partial charge in [0.2, 0.25) is 5.91 Å². The number of imide groups is 1. The van der Waals surface area contributed by atoms with E-state index in [4.69, 9.17) is 5.73 Å². The fraction of sp³-hybridized carbons (Fsp3) is 0.385. The Morgan fingerprint density at radius 3 is 2.47 bits per heavy atom. The van der Waals surface area contributed by atoms with E-state index in [1.54, 1.807) is 12.1 Å². The van der Waals surface area contributed by atoms with Crippen LogP contribution in [0, 0.1) is 6.92 Å². The molecule has 0 aliphatic rings. The van der Waals surface area contributed by atoms with Gasteiger partial charge in [0.25, 0.3) is 5.91 Å². The molecule has 1 aromatic carbocycles. The zero-order valence-electron chi connectivity index (χ0n) is 10.3. The van der Waals surface area contributed by atoms with Gasteiger partial charge in [-0.15, -0.1) is 0 Å². The fourth-order valence-electron chi connectivity index (χ4n) is 1.61. The van der Waals surface area contributed by atoms with Crippen LogP contribution in [0.4, 0.5) is 0 Å². The first-order chi connectivity index (χ1) is 8.07. The van der Waals surface area contributed by atoms with Gasteiger partial charge >= 0.3 is 0 Å². The highest BCUT2D eigenvalue weighted by molar-refractivity contribution is 6.04. The Morgan fingerprint density at radius 2 is 1.94 bits per heavy atom. The zero-order chi connectivity index (χ0) is 12.8. The van der Waals surface area contributed by atoms with Crippen molar-refractivity contribution in [2.75, 3.05) is 13.1 Å². The summed E-state index contributed by atoms with van der Waals surface area (Å²) in [5.41, 5.74) is 6.84. The number of benzene rings is 1. The number of hydrogen-bond donors (Lipinski definition) is 1. The van der Waals surface area contributed by atoms with E-state index in [0.717, 1.165) is 5.56 Å². The second kappa shape index (κ2) is 6.15. The van der Waals surface area contributed by atoms with Gasteiger partial charge in [0.1, 0.15) is 0 Å². The molecule has 17 heavy (non-hydrogen) atoms. The Kier molecular flexibility index (Phi) is 4.84. The lowest BCUT2D eigenvalue weighted by molar-refractivity contribution is -0.126. The molecule has 0 radical (unpaired) electrons. The second-order valence-electron chi connectivity index (χ2n) is 3.93. The van der Waals surface area contributed by atoms with E-state index in [9.17, 15) is 9.59 Å². The number of hydrogen-bond acceptors (Lipinski definition) is 3. The molecular formula is C13H18N2O2. The Morgan fingerprint density at radius 1 is 1.29 bits per heavy atom. The standard InChI is InChI=1S/C13H18N2O2/c1-10-6-3-4-7-12(10)13(17)15(11(2)16)9-5-8-14/h3-4,6-7H,5,8-9,14H2,1-2H3. The first-order valence-electron chi connectivity index (χ1n) is 5.66. The summed E-state index contributed by atoms with van der Waals surface area (Å²) in [7, 11) is 0. The molecule has 0 bridgehead atoms. The largest absolute Gasteiger partial charge is 0.330 e. The minimum atomic E-state index is -0.246. The van der Waals surface area contributed by atoms with Crippen LogP contribution in [0.5, 0.6) is 0 Å². The van der Waals surface area contributed by atoms with Crippen molar-refractivity contribution in [2.24, 2.45) is 5.73 Å². The molecule has 0 atom stereocenters. The molecule has 0 spiro atoms. The molecule has 0 aliphatic heterocycles. The molecule has 92 valence electrons. The number of nitrogens with zero attached hydrogens (tertiary/aromatic N) is 1. The lowest BCUT2D eigenvalue weighted by atomic mass is 10.1. The van der Waals surface area contributed by atoms with Crippen molar-refractivity contribution in [3.05, 3.63) is 35.4 Å². The average molecular weight is 234 g/mol. The molecule has 2 N–H and O–H groups in total. The predicted octanol–water partition coefficient (Wildman–Crippen LogP) is 1.33. The lowest BCUT2D eigenvalue weighted by Gasteiger charge is -2.19. The minimum Gasteiger partial charge on any atom is -0.330 e. The van der Waals surface area contributed by atoms with Crippen molar-refractivity contribution in [3.63, 3.8) is 0 Å². The summed E-state index contributed by atoms with van der Waals surface area (Å²) in [5.74, 6) is -0.490. The van der Waals surface area contributed by atoms with Crippen LogP contribution >= 0.6 is 0 Å². The molecule has 0 saturated carbocycles. The monoisotopic (exact) mass is 234 g/mol. The summed E-state index contributed by atoms with van der Waals surface area (Å²) >= 11 is 0. The normalized spacial score (nSPS) is 10.1. The topological polar surface area (TPSA) is 63.4 Å². The van der Waals surface area contributed by atoms with E-state index < -0.39 is 0 Å². The van der Waals surface area contributed by atoms with Crippen molar-refractivity contribution in [2.45, 2.75) is 20.3 Å². The smallest absolute Gasteiger partial charge is 0.260 e. The third-order valence-corrected chi connectivity index (χ3v) is 2.59. The van der Waals surface area contributed by atoms with Gasteiger partial charge in [-0.05, 0) is 31.5 Å². The van der Waals surface area contributed by atoms with Crippen molar-refractivity contribution < 1.29 is 9.59 Å². The molecule has 4 heteroatoms. The van der Waals surface area contributed by atoms with E-state index in [1.807, 2.05) is 19.1 Å². The number of carbonyl (C=O) groups excluding carboxylic acids is 2. The molecule has 0 aliphatic carbocycles. The van der Waals surface area contributed by atoms with Crippen molar-refractivity contribution in [1.29, 1.82) is 0 Å². The predicted molar refractivity (Wildman–Crippen MR) is 66.6 cm³/mol. The van der Waals surface area contributed by atoms with Crippen molar-refractivity contribution in [3.8, 4) is 0 Å². The lowest BCUT2D eigenvalue weighted by Crippen LogP contribution is -2.37. The van der Waals surface area contributed by atoms with Crippen LogP contribution in [0.1, 0.15) is 29.3 Å². The van der Waals surface area contributed by atoms with Gasteiger partial charge in [0, 0.05) is 19.0 Å². The van der Waals surface area contributed by atoms with Crippen LogP contribution in [0.25, 0.3) is 0 Å². The van der Waals surface area contributed by atoms with Crippen LogP contribution in [0.3, 0.4) is 0 Å². The summed E-state index contributed by atoms with van der Waals surface area (Å²) < 4.78 is 0. The van der Waals surface area contributed by atoms with Crippen molar-refractivity contribution in [1.82, 2.24) is 4.90 Å². The fourth-order valence-corrected chi connectivity index (χ4v) is 1.61. The van der Waals surface area contributed by atoms with Gasteiger partial charge < -0.3 is 5.73 Å². The summed E-state index contributed by atoms with van der Waals surface area (Å²) in [5, 5.41) is 0. The number of rotatable bonds is 4. The summed E-state index contributed by atoms with van der Waals surface area (Å²) in [6.07, 6.45) is 0.622. The van der Waals surface area contributed by atoms with Crippen molar-refractivity contribution >= 4 is 11.8 Å². The Labute approximate surface area is 101 Å². The van der Waals surface area contributed by atoms with E-state index >= 15 is 0 Å². The van der Waals surface area contributed by atoms with E-state index in [0.29, 0.717) is 25.1 Å². The quantitative estimate of drug-likeness (QED) is 0.855. The molecule has 2 amide bonds. The Bertz CT molecular complexity index is 416. The number of aryl methyl sites for hydroxylation is 1. The maximum absolute atomic E-state index is 12.2. The first kappa shape index (κ1) is 13.4. The maximum Gasteiger partial charge on any atom is 0.260 e. The summed E-state index contributed by atoms with van der Waals surface area (Å²) in [6.45, 7) is 4.09. The van der Waals surface area contributed by atoms with Crippen LogP contribution in [0.2, 0.25) is 0 Å². The molecule has 0 unspecified atom stereocenters. The SMILES string of the molecule is CC(=O)N(CCCN)C(=O)c1ccccc1C. The summed E-state index contributed by atoms with van der Waals surface area (Å²) in [6, 6.07) is 7.25. The third kappa shape index (κ3) is 3.39. The number of amides is 2. The summed E-state index contributed by atoms with van der Waals surface area (Å²) in [4.78, 5) is 24.9. The minimum absolute atomic E-state index is 0.244. The van der Waals surface area contributed by atoms with E-state index in [1.165, 1.54) is 11.8 Å².